The van der Waals surface area contributed by atoms with Gasteiger partial charge >= 0.3 is 5.92 Å². The Morgan fingerprint density at radius 1 is 1.35 bits per heavy atom. The Morgan fingerprint density at radius 2 is 2.00 bits per heavy atom. The van der Waals surface area contributed by atoms with E-state index < -0.39 is 17.4 Å². The molecule has 1 aliphatic heterocycles. The van der Waals surface area contributed by atoms with Crippen molar-refractivity contribution in [3.63, 3.8) is 0 Å². The highest BCUT2D eigenvalue weighted by molar-refractivity contribution is 5.85. The van der Waals surface area contributed by atoms with E-state index in [0.29, 0.717) is 26.1 Å². The number of imidazole rings is 1. The normalized spacial score (nSPS) is 22.0. The van der Waals surface area contributed by atoms with Crippen molar-refractivity contribution in [3.05, 3.63) is 18.2 Å². The van der Waals surface area contributed by atoms with Crippen molar-refractivity contribution in [2.75, 3.05) is 26.2 Å². The van der Waals surface area contributed by atoms with E-state index in [4.69, 9.17) is 0 Å². The molecule has 8 heteroatoms. The van der Waals surface area contributed by atoms with Gasteiger partial charge in [0.05, 0.1) is 6.54 Å². The topological polar surface area (TPSA) is 61.6 Å². The summed E-state index contributed by atoms with van der Waals surface area (Å²) in [5.74, 6) is -4.03. The van der Waals surface area contributed by atoms with Crippen LogP contribution in [-0.2, 0) is 18.4 Å². The molecule has 0 bridgehead atoms. The van der Waals surface area contributed by atoms with Crippen molar-refractivity contribution < 1.29 is 18.7 Å². The molecule has 23 heavy (non-hydrogen) atoms. The zero-order valence-electron chi connectivity index (χ0n) is 13.2. The van der Waals surface area contributed by atoms with Crippen LogP contribution in [0.3, 0.4) is 0 Å². The number of halogens is 2. The number of piperazine rings is 1. The van der Waals surface area contributed by atoms with E-state index in [0.717, 1.165) is 5.82 Å². The summed E-state index contributed by atoms with van der Waals surface area (Å²) in [7, 11) is 1.90. The molecule has 1 saturated carbocycles. The van der Waals surface area contributed by atoms with Gasteiger partial charge in [0.2, 0.25) is 0 Å². The van der Waals surface area contributed by atoms with Crippen molar-refractivity contribution in [3.8, 4) is 0 Å². The number of hydrogen-bond acceptors (Lipinski definition) is 4. The van der Waals surface area contributed by atoms with Crippen LogP contribution in [-0.4, -0.2) is 68.1 Å². The molecule has 3 rings (SSSR count). The molecule has 1 aromatic heterocycles. The third-order valence-electron chi connectivity index (χ3n) is 4.98. The summed E-state index contributed by atoms with van der Waals surface area (Å²) < 4.78 is 30.4. The molecule has 2 heterocycles. The molecule has 1 aromatic rings. The molecule has 0 unspecified atom stereocenters. The first-order valence-corrected chi connectivity index (χ1v) is 7.92. The van der Waals surface area contributed by atoms with Gasteiger partial charge in [0, 0.05) is 45.6 Å². The first-order valence-electron chi connectivity index (χ1n) is 7.92. The number of carbonyl (C=O) groups excluding carboxylic acids is 1. The highest BCUT2D eigenvalue weighted by atomic mass is 19.3. The maximum absolute atomic E-state index is 14.2. The molecular weight excluding hydrogens is 306 g/mol. The van der Waals surface area contributed by atoms with Gasteiger partial charge in [-0.1, -0.05) is 0 Å². The molecule has 1 saturated heterocycles. The summed E-state index contributed by atoms with van der Waals surface area (Å²) in [4.78, 5) is 19.6. The number of aliphatic hydroxyl groups is 1. The van der Waals surface area contributed by atoms with Gasteiger partial charge in [0.15, 0.2) is 0 Å². The minimum absolute atomic E-state index is 0.00906. The summed E-state index contributed by atoms with van der Waals surface area (Å²) in [6, 6.07) is 0. The van der Waals surface area contributed by atoms with Gasteiger partial charge in [-0.25, -0.2) is 4.98 Å². The molecule has 0 aromatic carbocycles. The van der Waals surface area contributed by atoms with Gasteiger partial charge in [0.1, 0.15) is 11.4 Å². The van der Waals surface area contributed by atoms with Crippen LogP contribution in [0, 0.1) is 0 Å². The first kappa shape index (κ1) is 16.3. The number of hydrogen-bond donors (Lipinski definition) is 1. The third kappa shape index (κ3) is 2.85. The van der Waals surface area contributed by atoms with Crippen molar-refractivity contribution in [2.24, 2.45) is 7.05 Å². The molecular formula is C15H22F2N4O2. The molecule has 128 valence electrons. The van der Waals surface area contributed by atoms with E-state index >= 15 is 0 Å². The van der Waals surface area contributed by atoms with Gasteiger partial charge in [-0.15, -0.1) is 0 Å². The zero-order chi connectivity index (χ0) is 16.7. The number of nitrogens with zero attached hydrogens (tertiary/aromatic N) is 4. The number of alkyl halides is 2. The van der Waals surface area contributed by atoms with Crippen LogP contribution in [0.4, 0.5) is 8.78 Å². The van der Waals surface area contributed by atoms with Crippen LogP contribution in [0.15, 0.2) is 12.4 Å². The minimum atomic E-state index is -3.69. The van der Waals surface area contributed by atoms with E-state index in [-0.39, 0.29) is 25.9 Å². The Bertz CT molecular complexity index is 578. The van der Waals surface area contributed by atoms with Crippen LogP contribution in [0.25, 0.3) is 0 Å². The second-order valence-corrected chi connectivity index (χ2v) is 6.48. The van der Waals surface area contributed by atoms with E-state index in [9.17, 15) is 18.7 Å². The second kappa shape index (κ2) is 5.83. The smallest absolute Gasteiger partial charge is 0.352 e. The van der Waals surface area contributed by atoms with Crippen molar-refractivity contribution in [1.29, 1.82) is 0 Å². The van der Waals surface area contributed by atoms with Gasteiger partial charge in [-0.3, -0.25) is 9.69 Å². The van der Waals surface area contributed by atoms with Crippen molar-refractivity contribution >= 4 is 5.91 Å². The Balaban J connectivity index is 1.56. The Labute approximate surface area is 133 Å². The second-order valence-electron chi connectivity index (χ2n) is 6.48. The average molecular weight is 328 g/mol. The first-order chi connectivity index (χ1) is 10.8. The third-order valence-corrected chi connectivity index (χ3v) is 4.98. The lowest BCUT2D eigenvalue weighted by Crippen LogP contribution is -2.63. The lowest BCUT2D eigenvalue weighted by atomic mass is 9.75. The Hall–Kier alpha value is -1.54. The van der Waals surface area contributed by atoms with E-state index in [1.54, 1.807) is 6.20 Å². The molecule has 1 N–H and O–H groups in total. The number of rotatable bonds is 4. The van der Waals surface area contributed by atoms with Crippen molar-refractivity contribution in [1.82, 2.24) is 19.4 Å². The lowest BCUT2D eigenvalue weighted by Gasteiger charge is -2.44. The van der Waals surface area contributed by atoms with Crippen LogP contribution >= 0.6 is 0 Å². The molecule has 2 aliphatic rings. The fraction of sp³-hybridized carbons (Fsp3) is 0.733. The maximum Gasteiger partial charge on any atom is 0.352 e. The Morgan fingerprint density at radius 3 is 2.48 bits per heavy atom. The fourth-order valence-corrected chi connectivity index (χ4v) is 3.08. The SMILES string of the molecule is Cn1ccnc1CN1CCN(C(=O)C(F)(F)C2(O)CCC2)CC1. The maximum atomic E-state index is 14.2. The van der Waals surface area contributed by atoms with Crippen molar-refractivity contribution in [2.45, 2.75) is 37.3 Å². The summed E-state index contributed by atoms with van der Waals surface area (Å²) in [6.45, 7) is 2.16. The van der Waals surface area contributed by atoms with E-state index in [1.807, 2.05) is 17.8 Å². The average Bonchev–Trinajstić information content (AvgIpc) is 2.90. The number of aryl methyl sites for hydroxylation is 1. The number of aromatic nitrogens is 2. The van der Waals surface area contributed by atoms with E-state index in [2.05, 4.69) is 9.88 Å². The number of amides is 1. The van der Waals surface area contributed by atoms with Gasteiger partial charge in [-0.2, -0.15) is 8.78 Å². The van der Waals surface area contributed by atoms with Gasteiger partial charge in [-0.05, 0) is 19.3 Å². The summed E-state index contributed by atoms with van der Waals surface area (Å²) in [5, 5.41) is 9.87. The Kier molecular flexibility index (Phi) is 4.14. The predicted octanol–water partition coefficient (Wildman–Crippen LogP) is 0.615. The van der Waals surface area contributed by atoms with Gasteiger partial charge in [0.25, 0.3) is 5.91 Å². The summed E-state index contributed by atoms with van der Waals surface area (Å²) in [5.41, 5.74) is -2.14. The molecule has 0 spiro atoms. The monoisotopic (exact) mass is 328 g/mol. The minimum Gasteiger partial charge on any atom is -0.383 e. The zero-order valence-corrected chi connectivity index (χ0v) is 13.2. The van der Waals surface area contributed by atoms with Gasteiger partial charge < -0.3 is 14.6 Å². The lowest BCUT2D eigenvalue weighted by molar-refractivity contribution is -0.224. The molecule has 6 nitrogen and oxygen atoms in total. The summed E-state index contributed by atoms with van der Waals surface area (Å²) >= 11 is 0. The van der Waals surface area contributed by atoms with Crippen LogP contribution < -0.4 is 0 Å². The highest BCUT2D eigenvalue weighted by Gasteiger charge is 2.62. The van der Waals surface area contributed by atoms with Crippen LogP contribution in [0.2, 0.25) is 0 Å². The van der Waals surface area contributed by atoms with Crippen LogP contribution in [0.5, 0.6) is 0 Å². The largest absolute Gasteiger partial charge is 0.383 e. The fourth-order valence-electron chi connectivity index (χ4n) is 3.08. The highest BCUT2D eigenvalue weighted by Crippen LogP contribution is 2.45. The predicted molar refractivity (Wildman–Crippen MR) is 78.8 cm³/mol. The summed E-state index contributed by atoms with van der Waals surface area (Å²) in [6.07, 6.45) is 4.09. The standard InChI is InChI=1S/C15H22F2N4O2/c1-19-6-5-18-12(19)11-20-7-9-21(10-8-20)13(22)15(16,17)14(23)3-2-4-14/h5-6,23H,2-4,7-11H2,1H3. The number of carbonyl (C=O) groups is 1. The van der Waals surface area contributed by atoms with E-state index in [1.165, 1.54) is 4.90 Å². The molecule has 1 aliphatic carbocycles. The molecule has 1 amide bonds. The molecule has 0 atom stereocenters. The molecule has 2 fully saturated rings. The quantitative estimate of drug-likeness (QED) is 0.880. The molecule has 0 radical (unpaired) electrons. The van der Waals surface area contributed by atoms with Crippen LogP contribution in [0.1, 0.15) is 25.1 Å².